The second kappa shape index (κ2) is 7.91. The first-order chi connectivity index (χ1) is 12.8. The molecule has 0 bridgehead atoms. The van der Waals surface area contributed by atoms with Crippen molar-refractivity contribution in [2.45, 2.75) is 38.2 Å². The van der Waals surface area contributed by atoms with Gasteiger partial charge in [-0.3, -0.25) is 5.10 Å². The van der Waals surface area contributed by atoms with Gasteiger partial charge in [0.05, 0.1) is 11.8 Å². The number of ether oxygens (including phenoxy) is 1. The Bertz CT molecular complexity index is 721. The standard InChI is InChI=1S/C20H26N4O2/c25-20(22-17-7-2-6-16(12-17)19-9-10-21-23-19)24(13-15-4-1-5-15)14-18-8-3-11-26-18/h2,6-7,9-10,12,15,18H,1,3-5,8,11,13-14H2,(H,21,23)(H,22,25)/t18-/m0/s1. The van der Waals surface area contributed by atoms with Crippen LogP contribution < -0.4 is 5.32 Å². The number of nitrogens with zero attached hydrogens (tertiary/aromatic N) is 2. The van der Waals surface area contributed by atoms with Gasteiger partial charge in [0, 0.05) is 37.1 Å². The third-order valence-electron chi connectivity index (χ3n) is 5.36. The van der Waals surface area contributed by atoms with Gasteiger partial charge in [0.25, 0.3) is 0 Å². The largest absolute Gasteiger partial charge is 0.376 e. The minimum Gasteiger partial charge on any atom is -0.376 e. The Balaban J connectivity index is 1.43. The number of hydrogen-bond donors (Lipinski definition) is 2. The van der Waals surface area contributed by atoms with Crippen LogP contribution in [0.1, 0.15) is 32.1 Å². The van der Waals surface area contributed by atoms with Crippen molar-refractivity contribution in [3.63, 3.8) is 0 Å². The highest BCUT2D eigenvalue weighted by Gasteiger charge is 2.27. The van der Waals surface area contributed by atoms with Gasteiger partial charge >= 0.3 is 6.03 Å². The third kappa shape index (κ3) is 4.07. The van der Waals surface area contributed by atoms with Crippen LogP contribution in [0.5, 0.6) is 0 Å². The molecular formula is C20H26N4O2. The van der Waals surface area contributed by atoms with Crippen LogP contribution in [0.3, 0.4) is 0 Å². The first-order valence-electron chi connectivity index (χ1n) is 9.55. The Morgan fingerprint density at radius 2 is 2.15 bits per heavy atom. The molecule has 0 radical (unpaired) electrons. The molecule has 1 saturated heterocycles. The molecule has 0 spiro atoms. The van der Waals surface area contributed by atoms with E-state index >= 15 is 0 Å². The number of nitrogens with one attached hydrogen (secondary N) is 2. The highest BCUT2D eigenvalue weighted by molar-refractivity contribution is 5.90. The molecule has 2 N–H and O–H groups in total. The molecule has 4 rings (SSSR count). The van der Waals surface area contributed by atoms with Crippen LogP contribution in [-0.4, -0.2) is 46.9 Å². The molecule has 1 saturated carbocycles. The van der Waals surface area contributed by atoms with Gasteiger partial charge in [-0.05, 0) is 49.8 Å². The van der Waals surface area contributed by atoms with Crippen LogP contribution in [-0.2, 0) is 4.74 Å². The number of aromatic nitrogens is 2. The van der Waals surface area contributed by atoms with Gasteiger partial charge in [0.2, 0.25) is 0 Å². The molecular weight excluding hydrogens is 328 g/mol. The Kier molecular flexibility index (Phi) is 5.20. The van der Waals surface area contributed by atoms with Gasteiger partial charge in [-0.2, -0.15) is 5.10 Å². The fourth-order valence-corrected chi connectivity index (χ4v) is 3.65. The van der Waals surface area contributed by atoms with Gasteiger partial charge in [0.15, 0.2) is 0 Å². The number of rotatable bonds is 6. The maximum atomic E-state index is 12.9. The van der Waals surface area contributed by atoms with E-state index in [2.05, 4.69) is 15.5 Å². The van der Waals surface area contributed by atoms with Gasteiger partial charge in [-0.25, -0.2) is 4.79 Å². The first kappa shape index (κ1) is 17.1. The number of hydrogen-bond acceptors (Lipinski definition) is 3. The average molecular weight is 354 g/mol. The predicted molar refractivity (Wildman–Crippen MR) is 101 cm³/mol. The minimum absolute atomic E-state index is 0.0332. The van der Waals surface area contributed by atoms with Crippen molar-refractivity contribution in [3.05, 3.63) is 36.5 Å². The fourth-order valence-electron chi connectivity index (χ4n) is 3.65. The highest BCUT2D eigenvalue weighted by atomic mass is 16.5. The van der Waals surface area contributed by atoms with Gasteiger partial charge in [0.1, 0.15) is 0 Å². The Hall–Kier alpha value is -2.34. The van der Waals surface area contributed by atoms with E-state index < -0.39 is 0 Å². The zero-order chi connectivity index (χ0) is 17.8. The van der Waals surface area contributed by atoms with E-state index in [1.54, 1.807) is 6.20 Å². The number of benzene rings is 1. The van der Waals surface area contributed by atoms with Gasteiger partial charge < -0.3 is 15.0 Å². The normalized spacial score (nSPS) is 19.9. The van der Waals surface area contributed by atoms with Crippen molar-refractivity contribution in [1.29, 1.82) is 0 Å². The molecule has 2 amide bonds. The zero-order valence-corrected chi connectivity index (χ0v) is 15.0. The van der Waals surface area contributed by atoms with Crippen molar-refractivity contribution >= 4 is 11.7 Å². The number of H-pyrrole nitrogens is 1. The second-order valence-corrected chi connectivity index (χ2v) is 7.32. The lowest BCUT2D eigenvalue weighted by Gasteiger charge is -2.33. The van der Waals surface area contributed by atoms with E-state index in [0.29, 0.717) is 12.5 Å². The number of urea groups is 1. The van der Waals surface area contributed by atoms with E-state index in [4.69, 9.17) is 4.74 Å². The number of carbonyl (C=O) groups excluding carboxylic acids is 1. The number of aromatic amines is 1. The lowest BCUT2D eigenvalue weighted by atomic mass is 9.85. The lowest BCUT2D eigenvalue weighted by molar-refractivity contribution is 0.0748. The van der Waals surface area contributed by atoms with Gasteiger partial charge in [-0.15, -0.1) is 0 Å². The molecule has 2 aliphatic rings. The molecule has 1 atom stereocenters. The monoisotopic (exact) mass is 354 g/mol. The lowest BCUT2D eigenvalue weighted by Crippen LogP contribution is -2.44. The van der Waals surface area contributed by atoms with Crippen LogP contribution in [0.25, 0.3) is 11.3 Å². The Labute approximate surface area is 153 Å². The molecule has 1 aliphatic carbocycles. The quantitative estimate of drug-likeness (QED) is 0.827. The smallest absolute Gasteiger partial charge is 0.321 e. The summed E-state index contributed by atoms with van der Waals surface area (Å²) in [7, 11) is 0. The van der Waals surface area contributed by atoms with E-state index in [1.807, 2.05) is 35.2 Å². The summed E-state index contributed by atoms with van der Waals surface area (Å²) in [4.78, 5) is 14.9. The maximum Gasteiger partial charge on any atom is 0.321 e. The number of carbonyl (C=O) groups is 1. The summed E-state index contributed by atoms with van der Waals surface area (Å²) in [6, 6.07) is 9.73. The van der Waals surface area contributed by atoms with Crippen molar-refractivity contribution in [1.82, 2.24) is 15.1 Å². The zero-order valence-electron chi connectivity index (χ0n) is 15.0. The first-order valence-corrected chi connectivity index (χ1v) is 9.55. The second-order valence-electron chi connectivity index (χ2n) is 7.32. The summed E-state index contributed by atoms with van der Waals surface area (Å²) in [6.07, 6.45) is 7.78. The molecule has 138 valence electrons. The van der Waals surface area contributed by atoms with Crippen molar-refractivity contribution in [2.24, 2.45) is 5.92 Å². The molecule has 2 aromatic rings. The predicted octanol–water partition coefficient (Wildman–Crippen LogP) is 3.89. The molecule has 1 aromatic carbocycles. The van der Waals surface area contributed by atoms with Crippen LogP contribution in [0.2, 0.25) is 0 Å². The molecule has 26 heavy (non-hydrogen) atoms. The minimum atomic E-state index is -0.0332. The summed E-state index contributed by atoms with van der Waals surface area (Å²) in [5.74, 6) is 0.637. The highest BCUT2D eigenvalue weighted by Crippen LogP contribution is 2.28. The summed E-state index contributed by atoms with van der Waals surface area (Å²) < 4.78 is 5.75. The maximum absolute atomic E-state index is 12.9. The van der Waals surface area contributed by atoms with Crippen LogP contribution in [0, 0.1) is 5.92 Å². The Morgan fingerprint density at radius 3 is 2.85 bits per heavy atom. The van der Waals surface area contributed by atoms with E-state index in [9.17, 15) is 4.79 Å². The molecule has 2 heterocycles. The van der Waals surface area contributed by atoms with Crippen LogP contribution in [0.15, 0.2) is 36.5 Å². The molecule has 1 aliphatic heterocycles. The summed E-state index contributed by atoms with van der Waals surface area (Å²) in [5.41, 5.74) is 2.74. The van der Waals surface area contributed by atoms with E-state index in [-0.39, 0.29) is 12.1 Å². The number of amides is 2. The summed E-state index contributed by atoms with van der Waals surface area (Å²) in [5, 5.41) is 10.0. The summed E-state index contributed by atoms with van der Waals surface area (Å²) >= 11 is 0. The van der Waals surface area contributed by atoms with Crippen LogP contribution >= 0.6 is 0 Å². The molecule has 1 aromatic heterocycles. The average Bonchev–Trinajstić information content (AvgIpc) is 3.30. The topological polar surface area (TPSA) is 70.2 Å². The third-order valence-corrected chi connectivity index (χ3v) is 5.36. The molecule has 6 heteroatoms. The van der Waals surface area contributed by atoms with Crippen LogP contribution in [0.4, 0.5) is 10.5 Å². The van der Waals surface area contributed by atoms with Gasteiger partial charge in [-0.1, -0.05) is 18.6 Å². The number of anilines is 1. The fraction of sp³-hybridized carbons (Fsp3) is 0.500. The van der Waals surface area contributed by atoms with E-state index in [0.717, 1.165) is 42.9 Å². The molecule has 6 nitrogen and oxygen atoms in total. The summed E-state index contributed by atoms with van der Waals surface area (Å²) in [6.45, 7) is 2.32. The Morgan fingerprint density at radius 1 is 1.23 bits per heavy atom. The van der Waals surface area contributed by atoms with Crippen molar-refractivity contribution in [2.75, 3.05) is 25.0 Å². The van der Waals surface area contributed by atoms with Crippen molar-refractivity contribution < 1.29 is 9.53 Å². The molecule has 0 unspecified atom stereocenters. The molecule has 2 fully saturated rings. The SMILES string of the molecule is O=C(Nc1cccc(-c2ccn[nH]2)c1)N(CC1CCC1)C[C@@H]1CCCO1. The van der Waals surface area contributed by atoms with Crippen molar-refractivity contribution in [3.8, 4) is 11.3 Å². The van der Waals surface area contributed by atoms with E-state index in [1.165, 1.54) is 19.3 Å².